The molecule has 0 spiro atoms. The lowest BCUT2D eigenvalue weighted by Gasteiger charge is -2.31. The van der Waals surface area contributed by atoms with E-state index in [2.05, 4.69) is 25.9 Å². The average Bonchev–Trinajstić information content (AvgIpc) is 3.15. The fourth-order valence-corrected chi connectivity index (χ4v) is 3.51. The number of anilines is 1. The van der Waals surface area contributed by atoms with Crippen LogP contribution in [0, 0.1) is 12.3 Å². The number of hydrogen-bond acceptors (Lipinski definition) is 4. The minimum absolute atomic E-state index is 0. The van der Waals surface area contributed by atoms with Crippen molar-refractivity contribution in [3.05, 3.63) is 23.9 Å². The first-order valence-electron chi connectivity index (χ1n) is 9.75. The number of halogens is 1. The molecule has 1 aliphatic carbocycles. The van der Waals surface area contributed by atoms with Crippen molar-refractivity contribution in [3.63, 3.8) is 0 Å². The number of nitrogens with zero attached hydrogens (tertiary/aromatic N) is 3. The standard InChI is InChI=1S/C20H32N6O2.HI/c1-15-7-8-16(23-13-15)25-17(27)9-12-22-19(21-2)24-14-20(10-5-6-11-20)18(28)26(3)4;/h7-8,13H,5-6,9-12,14H2,1-4H3,(H2,21,22,24)(H,23,25,27);1H. The van der Waals surface area contributed by atoms with Gasteiger partial charge >= 0.3 is 0 Å². The van der Waals surface area contributed by atoms with Crippen LogP contribution in [0.5, 0.6) is 0 Å². The summed E-state index contributed by atoms with van der Waals surface area (Å²) >= 11 is 0. The van der Waals surface area contributed by atoms with Gasteiger partial charge in [-0.05, 0) is 31.4 Å². The quantitative estimate of drug-likeness (QED) is 0.293. The molecule has 0 bridgehead atoms. The van der Waals surface area contributed by atoms with Crippen LogP contribution in [0.25, 0.3) is 0 Å². The number of aromatic nitrogens is 1. The molecule has 1 aromatic rings. The van der Waals surface area contributed by atoms with Gasteiger partial charge in [0.05, 0.1) is 5.41 Å². The second-order valence-corrected chi connectivity index (χ2v) is 7.56. The Kier molecular flexibility index (Phi) is 10.3. The smallest absolute Gasteiger partial charge is 0.230 e. The van der Waals surface area contributed by atoms with Crippen molar-refractivity contribution < 1.29 is 9.59 Å². The lowest BCUT2D eigenvalue weighted by Crippen LogP contribution is -2.49. The van der Waals surface area contributed by atoms with Crippen LogP contribution in [0.4, 0.5) is 5.82 Å². The number of nitrogens with one attached hydrogen (secondary N) is 3. The third-order valence-corrected chi connectivity index (χ3v) is 5.06. The molecular weight excluding hydrogens is 483 g/mol. The van der Waals surface area contributed by atoms with E-state index in [9.17, 15) is 9.59 Å². The summed E-state index contributed by atoms with van der Waals surface area (Å²) in [6.45, 7) is 2.93. The Morgan fingerprint density at radius 2 is 1.90 bits per heavy atom. The molecule has 8 nitrogen and oxygen atoms in total. The van der Waals surface area contributed by atoms with E-state index in [1.807, 2.05) is 13.0 Å². The molecule has 0 unspecified atom stereocenters. The molecule has 3 N–H and O–H groups in total. The van der Waals surface area contributed by atoms with Gasteiger partial charge in [-0.1, -0.05) is 18.9 Å². The summed E-state index contributed by atoms with van der Waals surface area (Å²) in [5, 5.41) is 9.17. The van der Waals surface area contributed by atoms with Crippen molar-refractivity contribution in [1.82, 2.24) is 20.5 Å². The zero-order valence-corrected chi connectivity index (χ0v) is 20.1. The maximum atomic E-state index is 12.6. The van der Waals surface area contributed by atoms with Crippen LogP contribution in [-0.4, -0.2) is 61.9 Å². The van der Waals surface area contributed by atoms with Gasteiger partial charge in [0, 0.05) is 46.9 Å². The Balaban J connectivity index is 0.00000420. The zero-order chi connectivity index (χ0) is 20.6. The number of aryl methyl sites for hydroxylation is 1. The molecule has 0 radical (unpaired) electrons. The van der Waals surface area contributed by atoms with Crippen molar-refractivity contribution in [2.24, 2.45) is 10.4 Å². The second kappa shape index (κ2) is 11.9. The summed E-state index contributed by atoms with van der Waals surface area (Å²) in [7, 11) is 5.29. The number of carbonyl (C=O) groups excluding carboxylic acids is 2. The van der Waals surface area contributed by atoms with Gasteiger partial charge in [-0.15, -0.1) is 24.0 Å². The fourth-order valence-electron chi connectivity index (χ4n) is 3.51. The molecule has 1 aliphatic rings. The van der Waals surface area contributed by atoms with Crippen LogP contribution >= 0.6 is 24.0 Å². The molecule has 162 valence electrons. The van der Waals surface area contributed by atoms with E-state index in [4.69, 9.17) is 0 Å². The number of guanidine groups is 1. The van der Waals surface area contributed by atoms with Crippen molar-refractivity contribution in [2.45, 2.75) is 39.0 Å². The summed E-state index contributed by atoms with van der Waals surface area (Å²) in [5.41, 5.74) is 0.678. The van der Waals surface area contributed by atoms with E-state index in [1.54, 1.807) is 38.3 Å². The summed E-state index contributed by atoms with van der Waals surface area (Å²) in [5.74, 6) is 1.19. The number of amides is 2. The zero-order valence-electron chi connectivity index (χ0n) is 17.7. The molecular formula is C20H33IN6O2. The van der Waals surface area contributed by atoms with Crippen LogP contribution in [0.1, 0.15) is 37.7 Å². The van der Waals surface area contributed by atoms with E-state index in [0.717, 1.165) is 31.2 Å². The van der Waals surface area contributed by atoms with Gasteiger partial charge in [0.2, 0.25) is 11.8 Å². The van der Waals surface area contributed by atoms with Crippen molar-refractivity contribution in [3.8, 4) is 0 Å². The van der Waals surface area contributed by atoms with E-state index >= 15 is 0 Å². The molecule has 0 atom stereocenters. The number of aliphatic imine (C=N–C) groups is 1. The second-order valence-electron chi connectivity index (χ2n) is 7.56. The third-order valence-electron chi connectivity index (χ3n) is 5.06. The maximum absolute atomic E-state index is 12.6. The first-order chi connectivity index (χ1) is 13.4. The summed E-state index contributed by atoms with van der Waals surface area (Å²) in [6.07, 6.45) is 5.92. The van der Waals surface area contributed by atoms with E-state index < -0.39 is 0 Å². The fraction of sp³-hybridized carbons (Fsp3) is 0.600. The van der Waals surface area contributed by atoms with Crippen LogP contribution in [0.15, 0.2) is 23.3 Å². The molecule has 29 heavy (non-hydrogen) atoms. The predicted molar refractivity (Wildman–Crippen MR) is 127 cm³/mol. The minimum atomic E-state index is -0.365. The average molecular weight is 516 g/mol. The number of hydrogen-bond donors (Lipinski definition) is 3. The highest BCUT2D eigenvalue weighted by Crippen LogP contribution is 2.38. The predicted octanol–water partition coefficient (Wildman–Crippen LogP) is 2.15. The molecule has 2 amide bonds. The Bertz CT molecular complexity index is 699. The third kappa shape index (κ3) is 7.45. The van der Waals surface area contributed by atoms with Crippen molar-refractivity contribution in [2.75, 3.05) is 39.5 Å². The van der Waals surface area contributed by atoms with E-state index in [0.29, 0.717) is 24.9 Å². The van der Waals surface area contributed by atoms with Gasteiger partial charge in [0.1, 0.15) is 5.82 Å². The minimum Gasteiger partial charge on any atom is -0.356 e. The molecule has 1 saturated carbocycles. The van der Waals surface area contributed by atoms with E-state index in [1.165, 1.54) is 0 Å². The Labute approximate surface area is 190 Å². The number of carbonyl (C=O) groups is 2. The SMILES string of the molecule is CN=C(NCCC(=O)Nc1ccc(C)cn1)NCC1(C(=O)N(C)C)CCCC1.I. The van der Waals surface area contributed by atoms with Crippen LogP contribution in [0.2, 0.25) is 0 Å². The monoisotopic (exact) mass is 516 g/mol. The molecule has 1 heterocycles. The van der Waals surface area contributed by atoms with Gasteiger partial charge in [0.15, 0.2) is 5.96 Å². The lowest BCUT2D eigenvalue weighted by atomic mass is 9.84. The molecule has 1 aromatic heterocycles. The Hall–Kier alpha value is -1.91. The topological polar surface area (TPSA) is 98.7 Å². The molecule has 0 aromatic carbocycles. The Morgan fingerprint density at radius 1 is 1.21 bits per heavy atom. The van der Waals surface area contributed by atoms with Crippen molar-refractivity contribution >= 4 is 47.6 Å². The van der Waals surface area contributed by atoms with Crippen LogP contribution < -0.4 is 16.0 Å². The summed E-state index contributed by atoms with van der Waals surface area (Å²) in [4.78, 5) is 34.7. The molecule has 9 heteroatoms. The van der Waals surface area contributed by atoms with Gasteiger partial charge in [-0.25, -0.2) is 4.98 Å². The normalized spacial score (nSPS) is 15.2. The van der Waals surface area contributed by atoms with Gasteiger partial charge in [0.25, 0.3) is 0 Å². The highest BCUT2D eigenvalue weighted by molar-refractivity contribution is 14.0. The summed E-state index contributed by atoms with van der Waals surface area (Å²) in [6, 6.07) is 3.68. The molecule has 1 fully saturated rings. The first kappa shape index (κ1) is 25.1. The van der Waals surface area contributed by atoms with Gasteiger partial charge < -0.3 is 20.9 Å². The van der Waals surface area contributed by atoms with E-state index in [-0.39, 0.29) is 47.6 Å². The van der Waals surface area contributed by atoms with Gasteiger partial charge in [-0.3, -0.25) is 14.6 Å². The molecule has 2 rings (SSSR count). The van der Waals surface area contributed by atoms with Crippen LogP contribution in [-0.2, 0) is 9.59 Å². The highest BCUT2D eigenvalue weighted by atomic mass is 127. The largest absolute Gasteiger partial charge is 0.356 e. The Morgan fingerprint density at radius 3 is 2.45 bits per heavy atom. The molecule has 0 aliphatic heterocycles. The van der Waals surface area contributed by atoms with Crippen molar-refractivity contribution in [1.29, 1.82) is 0 Å². The highest BCUT2D eigenvalue weighted by Gasteiger charge is 2.42. The van der Waals surface area contributed by atoms with Crippen LogP contribution in [0.3, 0.4) is 0 Å². The lowest BCUT2D eigenvalue weighted by molar-refractivity contribution is -0.138. The number of pyridine rings is 1. The molecule has 0 saturated heterocycles. The first-order valence-corrected chi connectivity index (χ1v) is 9.75. The summed E-state index contributed by atoms with van der Waals surface area (Å²) < 4.78 is 0. The van der Waals surface area contributed by atoms with Gasteiger partial charge in [-0.2, -0.15) is 0 Å². The number of rotatable bonds is 7. The maximum Gasteiger partial charge on any atom is 0.230 e.